The number of aromatic amines is 1. The number of aromatic nitrogens is 1. The van der Waals surface area contributed by atoms with Crippen LogP contribution in [0.1, 0.15) is 35.3 Å². The van der Waals surface area contributed by atoms with Crippen LogP contribution in [0.2, 0.25) is 0 Å². The first kappa shape index (κ1) is 17.7. The molecule has 0 amide bonds. The minimum atomic E-state index is 0.180. The van der Waals surface area contributed by atoms with Crippen molar-refractivity contribution in [3.63, 3.8) is 0 Å². The van der Waals surface area contributed by atoms with Crippen LogP contribution in [-0.2, 0) is 12.8 Å². The van der Waals surface area contributed by atoms with Crippen molar-refractivity contribution in [1.82, 2.24) is 4.98 Å². The van der Waals surface area contributed by atoms with E-state index in [4.69, 9.17) is 14.2 Å². The summed E-state index contributed by atoms with van der Waals surface area (Å²) in [6, 6.07) is 11.0. The van der Waals surface area contributed by atoms with Crippen LogP contribution in [0.25, 0.3) is 10.9 Å². The lowest BCUT2D eigenvalue weighted by Crippen LogP contribution is -2.87. The third kappa shape index (κ3) is 2.92. The number of H-pyrrole nitrogens is 1. The van der Waals surface area contributed by atoms with Crippen LogP contribution in [0.4, 0.5) is 0 Å². The maximum absolute atomic E-state index is 5.56. The van der Waals surface area contributed by atoms with E-state index >= 15 is 0 Å². The van der Waals surface area contributed by atoms with Gasteiger partial charge in [0.1, 0.15) is 0 Å². The molecule has 1 atom stereocenters. The van der Waals surface area contributed by atoms with Gasteiger partial charge >= 0.3 is 0 Å². The van der Waals surface area contributed by atoms with Crippen LogP contribution in [0.5, 0.6) is 17.2 Å². The van der Waals surface area contributed by atoms with Crippen LogP contribution in [0, 0.1) is 0 Å². The van der Waals surface area contributed by atoms with E-state index in [0.717, 1.165) is 24.9 Å². The maximum atomic E-state index is 5.56. The number of quaternary nitrogens is 1. The van der Waals surface area contributed by atoms with E-state index in [9.17, 15) is 0 Å². The molecule has 1 aromatic heterocycles. The summed E-state index contributed by atoms with van der Waals surface area (Å²) in [7, 11) is 4.95. The van der Waals surface area contributed by atoms with Gasteiger partial charge in [-0.15, -0.1) is 0 Å². The third-order valence-electron chi connectivity index (χ3n) is 5.57. The predicted molar refractivity (Wildman–Crippen MR) is 106 cm³/mol. The number of hydrogen-bond donors (Lipinski definition) is 2. The third-order valence-corrected chi connectivity index (χ3v) is 5.57. The number of rotatable bonds is 5. The van der Waals surface area contributed by atoms with Gasteiger partial charge in [0.15, 0.2) is 17.5 Å². The fourth-order valence-corrected chi connectivity index (χ4v) is 4.17. The van der Waals surface area contributed by atoms with Gasteiger partial charge in [0.2, 0.25) is 5.75 Å². The summed E-state index contributed by atoms with van der Waals surface area (Å²) in [6.45, 7) is 3.25. The standard InChI is InChI=1S/C22H26N2O3/c1-5-13-6-7-17-16(10-13)15-8-9-23-20(21(15)24-17)14-11-18(25-2)22(27-4)19(12-14)26-3/h6-7,10-12,20,23-24H,5,8-9H2,1-4H3/p+1/t20-/m1/s1. The molecule has 5 nitrogen and oxygen atoms in total. The van der Waals surface area contributed by atoms with Gasteiger partial charge < -0.3 is 24.5 Å². The smallest absolute Gasteiger partial charge is 0.203 e. The lowest BCUT2D eigenvalue weighted by molar-refractivity contribution is -0.690. The molecule has 3 aromatic rings. The molecule has 4 rings (SSSR count). The largest absolute Gasteiger partial charge is 0.493 e. The Labute approximate surface area is 159 Å². The van der Waals surface area contributed by atoms with Gasteiger partial charge in [0.25, 0.3) is 0 Å². The fourth-order valence-electron chi connectivity index (χ4n) is 4.17. The number of hydrogen-bond acceptors (Lipinski definition) is 3. The molecular formula is C22H27N2O3+. The van der Waals surface area contributed by atoms with E-state index in [-0.39, 0.29) is 6.04 Å². The minimum absolute atomic E-state index is 0.180. The van der Waals surface area contributed by atoms with Crippen LogP contribution in [0.15, 0.2) is 30.3 Å². The van der Waals surface area contributed by atoms with Gasteiger partial charge in [-0.25, -0.2) is 0 Å². The van der Waals surface area contributed by atoms with E-state index in [0.29, 0.717) is 17.2 Å². The molecule has 5 heteroatoms. The molecule has 0 unspecified atom stereocenters. The average molecular weight is 367 g/mol. The Morgan fingerprint density at radius 2 is 1.78 bits per heavy atom. The Hall–Kier alpha value is -2.66. The van der Waals surface area contributed by atoms with Crippen LogP contribution in [0.3, 0.4) is 0 Å². The van der Waals surface area contributed by atoms with Gasteiger partial charge in [0.05, 0.1) is 33.6 Å². The van der Waals surface area contributed by atoms with Gasteiger partial charge in [-0.2, -0.15) is 0 Å². The molecule has 0 spiro atoms. The number of nitrogens with one attached hydrogen (secondary N) is 1. The highest BCUT2D eigenvalue weighted by Gasteiger charge is 2.30. The molecule has 142 valence electrons. The zero-order valence-electron chi connectivity index (χ0n) is 16.4. The monoisotopic (exact) mass is 367 g/mol. The minimum Gasteiger partial charge on any atom is -0.493 e. The highest BCUT2D eigenvalue weighted by Crippen LogP contribution is 2.41. The van der Waals surface area contributed by atoms with Crippen LogP contribution in [-0.4, -0.2) is 32.9 Å². The topological polar surface area (TPSA) is 60.1 Å². The molecule has 0 fully saturated rings. The Bertz CT molecular complexity index is 952. The van der Waals surface area contributed by atoms with Crippen molar-refractivity contribution in [2.24, 2.45) is 0 Å². The van der Waals surface area contributed by atoms with Crippen molar-refractivity contribution in [1.29, 1.82) is 0 Å². The second kappa shape index (κ2) is 7.16. The summed E-state index contributed by atoms with van der Waals surface area (Å²) in [5, 5.41) is 3.73. The lowest BCUT2D eigenvalue weighted by atomic mass is 9.93. The Morgan fingerprint density at radius 1 is 1.04 bits per heavy atom. The predicted octanol–water partition coefficient (Wildman–Crippen LogP) is 2.97. The SMILES string of the molecule is CCc1ccc2[nH]c3c(c2c1)CC[NH2+][C@@H]3c1cc(OC)c(OC)c(OC)c1. The van der Waals surface area contributed by atoms with Crippen LogP contribution >= 0.6 is 0 Å². The summed E-state index contributed by atoms with van der Waals surface area (Å²) >= 11 is 0. The number of aryl methyl sites for hydroxylation is 1. The fraction of sp³-hybridized carbons (Fsp3) is 0.364. The van der Waals surface area contributed by atoms with Gasteiger partial charge in [-0.3, -0.25) is 0 Å². The van der Waals surface area contributed by atoms with E-state index < -0.39 is 0 Å². The van der Waals surface area contributed by atoms with Crippen molar-refractivity contribution in [2.45, 2.75) is 25.8 Å². The highest BCUT2D eigenvalue weighted by molar-refractivity contribution is 5.86. The van der Waals surface area contributed by atoms with E-state index in [1.807, 2.05) is 0 Å². The summed E-state index contributed by atoms with van der Waals surface area (Å²) in [5.41, 5.74) is 6.45. The van der Waals surface area contributed by atoms with Crippen molar-refractivity contribution in [3.8, 4) is 17.2 Å². The Balaban J connectivity index is 1.85. The Kier molecular flexibility index (Phi) is 4.70. The Morgan fingerprint density at radius 3 is 2.41 bits per heavy atom. The quantitative estimate of drug-likeness (QED) is 0.729. The second-order valence-corrected chi connectivity index (χ2v) is 6.96. The highest BCUT2D eigenvalue weighted by atomic mass is 16.5. The first-order chi connectivity index (χ1) is 13.2. The molecule has 27 heavy (non-hydrogen) atoms. The number of ether oxygens (including phenoxy) is 3. The number of fused-ring (bicyclic) bond motifs is 3. The molecule has 0 radical (unpaired) electrons. The normalized spacial score (nSPS) is 16.2. The lowest BCUT2D eigenvalue weighted by Gasteiger charge is -2.23. The second-order valence-electron chi connectivity index (χ2n) is 6.96. The first-order valence-corrected chi connectivity index (χ1v) is 9.46. The van der Waals surface area contributed by atoms with Crippen molar-refractivity contribution < 1.29 is 19.5 Å². The maximum Gasteiger partial charge on any atom is 0.203 e. The molecular weight excluding hydrogens is 340 g/mol. The molecule has 2 aromatic carbocycles. The van der Waals surface area contributed by atoms with Gasteiger partial charge in [-0.05, 0) is 41.8 Å². The zero-order chi connectivity index (χ0) is 19.0. The number of methoxy groups -OCH3 is 3. The zero-order valence-corrected chi connectivity index (χ0v) is 16.4. The number of nitrogens with two attached hydrogens (primary N) is 1. The summed E-state index contributed by atoms with van der Waals surface area (Å²) in [4.78, 5) is 3.68. The van der Waals surface area contributed by atoms with E-state index in [1.54, 1.807) is 21.3 Å². The molecule has 0 saturated heterocycles. The molecule has 0 aliphatic carbocycles. The molecule has 0 saturated carbocycles. The molecule has 3 N–H and O–H groups in total. The van der Waals surface area contributed by atoms with E-state index in [1.165, 1.54) is 27.7 Å². The molecule has 1 aliphatic rings. The number of benzene rings is 2. The van der Waals surface area contributed by atoms with Gasteiger partial charge in [-0.1, -0.05) is 13.0 Å². The van der Waals surface area contributed by atoms with Crippen LogP contribution < -0.4 is 19.5 Å². The molecule has 2 heterocycles. The van der Waals surface area contributed by atoms with Crippen molar-refractivity contribution in [3.05, 3.63) is 52.7 Å². The average Bonchev–Trinajstić information content (AvgIpc) is 3.10. The molecule has 1 aliphatic heterocycles. The summed E-state index contributed by atoms with van der Waals surface area (Å²) < 4.78 is 16.6. The van der Waals surface area contributed by atoms with Gasteiger partial charge in [0, 0.05) is 22.9 Å². The molecule has 0 bridgehead atoms. The summed E-state index contributed by atoms with van der Waals surface area (Å²) in [6.07, 6.45) is 2.13. The van der Waals surface area contributed by atoms with E-state index in [2.05, 4.69) is 47.6 Å². The first-order valence-electron chi connectivity index (χ1n) is 9.46. The van der Waals surface area contributed by atoms with Crippen molar-refractivity contribution >= 4 is 10.9 Å². The van der Waals surface area contributed by atoms with Crippen molar-refractivity contribution in [2.75, 3.05) is 27.9 Å². The summed E-state index contributed by atoms with van der Waals surface area (Å²) in [5.74, 6) is 2.01.